The number of hydrogen-bond donors (Lipinski definition) is 2. The minimum atomic E-state index is -3.66. The third kappa shape index (κ3) is 5.83. The van der Waals surface area contributed by atoms with E-state index in [0.29, 0.717) is 24.5 Å². The van der Waals surface area contributed by atoms with Crippen molar-refractivity contribution < 1.29 is 32.6 Å². The van der Waals surface area contributed by atoms with Gasteiger partial charge in [-0.1, -0.05) is 18.2 Å². The van der Waals surface area contributed by atoms with Gasteiger partial charge in [0.15, 0.2) is 21.3 Å². The number of hydrogen-bond acceptors (Lipinski definition) is 7. The van der Waals surface area contributed by atoms with Crippen LogP contribution in [0.5, 0.6) is 11.5 Å². The fourth-order valence-corrected chi connectivity index (χ4v) is 5.08. The maximum Gasteiger partial charge on any atom is 0.258 e. The summed E-state index contributed by atoms with van der Waals surface area (Å²) in [6.07, 6.45) is 1.02. The van der Waals surface area contributed by atoms with Gasteiger partial charge in [-0.3, -0.25) is 14.5 Å². The van der Waals surface area contributed by atoms with Gasteiger partial charge in [-0.2, -0.15) is 0 Å². The minimum Gasteiger partial charge on any atom is -0.504 e. The van der Waals surface area contributed by atoms with Crippen molar-refractivity contribution in [3.8, 4) is 11.5 Å². The maximum absolute atomic E-state index is 13.7. The second kappa shape index (κ2) is 10.5. The number of phenolic OH excluding ortho intramolecular Hbond substituents is 2. The largest absolute Gasteiger partial charge is 0.504 e. The third-order valence-electron chi connectivity index (χ3n) is 6.12. The van der Waals surface area contributed by atoms with Crippen LogP contribution in [-0.2, 0) is 14.6 Å². The van der Waals surface area contributed by atoms with Crippen LogP contribution in [0, 0.1) is 5.82 Å². The standard InChI is InChI=1S/C26H26FN3O6S/c1-37(35,36)24-16-19(27)8-9-21(24)28-11-13-29(14-12-28)25(33)17-30(20-5-3-2-4-6-20)26(34)18-7-10-22(31)23(32)15-18/h2-10,15-16,31-32H,11-14,17H2,1H3. The van der Waals surface area contributed by atoms with Crippen molar-refractivity contribution in [2.45, 2.75) is 4.90 Å². The molecule has 4 rings (SSSR count). The Morgan fingerprint density at radius 3 is 2.22 bits per heavy atom. The van der Waals surface area contributed by atoms with Gasteiger partial charge in [-0.25, -0.2) is 12.8 Å². The Balaban J connectivity index is 1.50. The predicted molar refractivity (Wildman–Crippen MR) is 136 cm³/mol. The summed E-state index contributed by atoms with van der Waals surface area (Å²) in [5.41, 5.74) is 0.960. The zero-order valence-corrected chi connectivity index (χ0v) is 20.9. The van der Waals surface area contributed by atoms with Crippen molar-refractivity contribution in [2.24, 2.45) is 0 Å². The summed E-state index contributed by atoms with van der Waals surface area (Å²) in [7, 11) is -3.66. The molecule has 3 aromatic rings. The fourth-order valence-electron chi connectivity index (χ4n) is 4.18. The van der Waals surface area contributed by atoms with E-state index in [2.05, 4.69) is 0 Å². The lowest BCUT2D eigenvalue weighted by Crippen LogP contribution is -2.52. The topological polar surface area (TPSA) is 118 Å². The first-order valence-electron chi connectivity index (χ1n) is 11.5. The number of para-hydroxylation sites is 1. The van der Waals surface area contributed by atoms with Crippen LogP contribution in [0.2, 0.25) is 0 Å². The number of carbonyl (C=O) groups excluding carboxylic acids is 2. The molecular weight excluding hydrogens is 501 g/mol. The molecule has 1 aliphatic heterocycles. The lowest BCUT2D eigenvalue weighted by Gasteiger charge is -2.37. The van der Waals surface area contributed by atoms with Crippen molar-refractivity contribution in [2.75, 3.05) is 48.8 Å². The van der Waals surface area contributed by atoms with E-state index in [9.17, 15) is 32.6 Å². The summed E-state index contributed by atoms with van der Waals surface area (Å²) >= 11 is 0. The summed E-state index contributed by atoms with van der Waals surface area (Å²) in [5.74, 6) is -2.31. The molecular formula is C26H26FN3O6S. The van der Waals surface area contributed by atoms with Crippen LogP contribution < -0.4 is 9.80 Å². The van der Waals surface area contributed by atoms with Gasteiger partial charge in [0.05, 0.1) is 10.6 Å². The molecule has 0 spiro atoms. The molecule has 0 radical (unpaired) electrons. The Morgan fingerprint density at radius 1 is 0.919 bits per heavy atom. The molecule has 1 heterocycles. The number of carbonyl (C=O) groups is 2. The molecule has 0 bridgehead atoms. The van der Waals surface area contributed by atoms with Gasteiger partial charge in [0.1, 0.15) is 12.4 Å². The second-order valence-electron chi connectivity index (χ2n) is 8.68. The smallest absolute Gasteiger partial charge is 0.258 e. The Morgan fingerprint density at radius 2 is 1.59 bits per heavy atom. The number of amides is 2. The average Bonchev–Trinajstić information content (AvgIpc) is 2.88. The van der Waals surface area contributed by atoms with Crippen LogP contribution in [0.3, 0.4) is 0 Å². The molecule has 0 aliphatic carbocycles. The number of halogens is 1. The van der Waals surface area contributed by atoms with E-state index < -0.39 is 27.3 Å². The van der Waals surface area contributed by atoms with Gasteiger partial charge < -0.3 is 20.0 Å². The SMILES string of the molecule is CS(=O)(=O)c1cc(F)ccc1N1CCN(C(=O)CN(C(=O)c2ccc(O)c(O)c2)c2ccccc2)CC1. The van der Waals surface area contributed by atoms with Crippen LogP contribution in [0.4, 0.5) is 15.8 Å². The number of aromatic hydroxyl groups is 2. The molecule has 0 unspecified atom stereocenters. The zero-order valence-electron chi connectivity index (χ0n) is 20.0. The molecule has 0 atom stereocenters. The van der Waals surface area contributed by atoms with Gasteiger partial charge in [0.25, 0.3) is 5.91 Å². The quantitative estimate of drug-likeness (QED) is 0.473. The Hall–Kier alpha value is -4.12. The number of benzene rings is 3. The molecule has 37 heavy (non-hydrogen) atoms. The number of nitrogens with zero attached hydrogens (tertiary/aromatic N) is 3. The van der Waals surface area contributed by atoms with Gasteiger partial charge >= 0.3 is 0 Å². The lowest BCUT2D eigenvalue weighted by atomic mass is 10.1. The molecule has 3 aromatic carbocycles. The van der Waals surface area contributed by atoms with Crippen molar-refractivity contribution in [1.29, 1.82) is 0 Å². The first-order valence-corrected chi connectivity index (χ1v) is 13.3. The first kappa shape index (κ1) is 26.0. The fraction of sp³-hybridized carbons (Fsp3) is 0.231. The monoisotopic (exact) mass is 527 g/mol. The second-order valence-corrected chi connectivity index (χ2v) is 10.7. The summed E-state index contributed by atoms with van der Waals surface area (Å²) in [6.45, 7) is 0.929. The minimum absolute atomic E-state index is 0.0985. The van der Waals surface area contributed by atoms with Gasteiger partial charge in [0.2, 0.25) is 5.91 Å². The number of anilines is 2. The molecule has 2 amide bonds. The molecule has 1 aliphatic rings. The molecule has 2 N–H and O–H groups in total. The molecule has 0 saturated carbocycles. The van der Waals surface area contributed by atoms with E-state index in [0.717, 1.165) is 18.4 Å². The molecule has 194 valence electrons. The Kier molecular flexibility index (Phi) is 7.35. The summed E-state index contributed by atoms with van der Waals surface area (Å²) < 4.78 is 38.1. The molecule has 1 saturated heterocycles. The van der Waals surface area contributed by atoms with E-state index in [1.165, 1.54) is 29.2 Å². The highest BCUT2D eigenvalue weighted by molar-refractivity contribution is 7.90. The maximum atomic E-state index is 13.7. The van der Waals surface area contributed by atoms with Gasteiger partial charge in [-0.15, -0.1) is 0 Å². The number of phenols is 2. The van der Waals surface area contributed by atoms with Crippen molar-refractivity contribution >= 4 is 33.0 Å². The van der Waals surface area contributed by atoms with Crippen LogP contribution in [-0.4, -0.2) is 74.3 Å². The van der Waals surface area contributed by atoms with E-state index in [-0.39, 0.29) is 41.7 Å². The van der Waals surface area contributed by atoms with Crippen LogP contribution in [0.15, 0.2) is 71.6 Å². The highest BCUT2D eigenvalue weighted by atomic mass is 32.2. The normalized spacial score (nSPS) is 13.9. The molecule has 1 fully saturated rings. The van der Waals surface area contributed by atoms with Crippen LogP contribution >= 0.6 is 0 Å². The van der Waals surface area contributed by atoms with Crippen LogP contribution in [0.25, 0.3) is 0 Å². The highest BCUT2D eigenvalue weighted by Gasteiger charge is 2.28. The molecule has 9 nitrogen and oxygen atoms in total. The number of piperazine rings is 1. The van der Waals surface area contributed by atoms with E-state index in [1.807, 2.05) is 0 Å². The van der Waals surface area contributed by atoms with Gasteiger partial charge in [-0.05, 0) is 48.5 Å². The van der Waals surface area contributed by atoms with E-state index in [4.69, 9.17) is 0 Å². The van der Waals surface area contributed by atoms with Crippen molar-refractivity contribution in [1.82, 2.24) is 4.90 Å². The van der Waals surface area contributed by atoms with Crippen molar-refractivity contribution in [3.05, 3.63) is 78.1 Å². The average molecular weight is 528 g/mol. The number of sulfone groups is 1. The Labute approximate surface area is 213 Å². The third-order valence-corrected chi connectivity index (χ3v) is 7.25. The van der Waals surface area contributed by atoms with Crippen molar-refractivity contribution in [3.63, 3.8) is 0 Å². The Bertz CT molecular complexity index is 1420. The molecule has 11 heteroatoms. The van der Waals surface area contributed by atoms with Gasteiger partial charge in [0, 0.05) is 43.7 Å². The lowest BCUT2D eigenvalue weighted by molar-refractivity contribution is -0.129. The van der Waals surface area contributed by atoms with Crippen LogP contribution in [0.1, 0.15) is 10.4 Å². The van der Waals surface area contributed by atoms with E-state index in [1.54, 1.807) is 40.1 Å². The highest BCUT2D eigenvalue weighted by Crippen LogP contribution is 2.28. The number of rotatable bonds is 6. The van der Waals surface area contributed by atoms with E-state index >= 15 is 0 Å². The molecule has 0 aromatic heterocycles. The summed E-state index contributed by atoms with van der Waals surface area (Å²) in [6, 6.07) is 15.9. The predicted octanol–water partition coefficient (Wildman–Crippen LogP) is 2.64. The summed E-state index contributed by atoms with van der Waals surface area (Å²) in [4.78, 5) is 31.1. The summed E-state index contributed by atoms with van der Waals surface area (Å²) in [5, 5.41) is 19.4. The zero-order chi connectivity index (χ0) is 26.7. The first-order chi connectivity index (χ1) is 17.5.